The molecule has 0 aliphatic carbocycles. The number of halogens is 5. The number of aromatic nitrogens is 1. The second kappa shape index (κ2) is 8.07. The van der Waals surface area contributed by atoms with Crippen molar-refractivity contribution in [1.29, 1.82) is 0 Å². The number of piperazine rings is 1. The first-order chi connectivity index (χ1) is 14.0. The molecule has 0 N–H and O–H groups in total. The lowest BCUT2D eigenvalue weighted by Crippen LogP contribution is -2.49. The highest BCUT2D eigenvalue weighted by Crippen LogP contribution is 2.31. The predicted octanol–water partition coefficient (Wildman–Crippen LogP) is 2.44. The number of nitrogens with zero attached hydrogens (tertiary/aromatic N) is 3. The summed E-state index contributed by atoms with van der Waals surface area (Å²) >= 11 is 1.03. The number of carbonyl (C=O) groups excluding carboxylic acids is 1. The third-order valence-electron chi connectivity index (χ3n) is 4.43. The molecule has 1 fully saturated rings. The zero-order chi connectivity index (χ0) is 22.4. The Morgan fingerprint density at radius 1 is 0.967 bits per heavy atom. The molecule has 0 spiro atoms. The molecule has 3 rings (SSSR count). The number of thiazole rings is 1. The van der Waals surface area contributed by atoms with Gasteiger partial charge in [0.15, 0.2) is 33.3 Å². The van der Waals surface area contributed by atoms with Crippen molar-refractivity contribution < 1.29 is 39.9 Å². The SMILES string of the molecule is COC(=O)c1sc(N2CCN(S(=O)(=O)c3c(F)c(F)c(F)c(F)c3F)CC2)nc1C. The van der Waals surface area contributed by atoms with Gasteiger partial charge in [0, 0.05) is 26.2 Å². The summed E-state index contributed by atoms with van der Waals surface area (Å²) < 4.78 is 98.4. The molecule has 30 heavy (non-hydrogen) atoms. The van der Waals surface area contributed by atoms with Crippen molar-refractivity contribution in [3.63, 3.8) is 0 Å². The number of rotatable bonds is 4. The Morgan fingerprint density at radius 3 is 1.97 bits per heavy atom. The van der Waals surface area contributed by atoms with Gasteiger partial charge in [-0.3, -0.25) is 0 Å². The van der Waals surface area contributed by atoms with Crippen molar-refractivity contribution in [2.75, 3.05) is 38.2 Å². The third-order valence-corrected chi connectivity index (χ3v) is 7.55. The number of ether oxygens (including phenoxy) is 1. The quantitative estimate of drug-likeness (QED) is 0.295. The average molecular weight is 471 g/mol. The first-order valence-electron chi connectivity index (χ1n) is 8.33. The summed E-state index contributed by atoms with van der Waals surface area (Å²) in [4.78, 5) is 15.9. The third kappa shape index (κ3) is 3.63. The number of anilines is 1. The molecule has 2 aromatic rings. The normalized spacial score (nSPS) is 15.5. The molecule has 1 aromatic carbocycles. The van der Waals surface area contributed by atoms with Crippen molar-refractivity contribution in [3.05, 3.63) is 39.7 Å². The van der Waals surface area contributed by atoms with Crippen LogP contribution in [0.1, 0.15) is 15.4 Å². The van der Waals surface area contributed by atoms with Gasteiger partial charge in [-0.15, -0.1) is 0 Å². The summed E-state index contributed by atoms with van der Waals surface area (Å²) in [5.74, 6) is -12.5. The molecule has 1 saturated heterocycles. The van der Waals surface area contributed by atoms with Crippen LogP contribution >= 0.6 is 11.3 Å². The molecule has 7 nitrogen and oxygen atoms in total. The monoisotopic (exact) mass is 471 g/mol. The molecular formula is C16H14F5N3O4S2. The Morgan fingerprint density at radius 2 is 1.47 bits per heavy atom. The Labute approximate surface area is 171 Å². The number of sulfonamides is 1. The maximum atomic E-state index is 14.0. The van der Waals surface area contributed by atoms with Gasteiger partial charge in [0.2, 0.25) is 15.8 Å². The summed E-state index contributed by atoms with van der Waals surface area (Å²) in [6, 6.07) is 0. The topological polar surface area (TPSA) is 79.8 Å². The fraction of sp³-hybridized carbons (Fsp3) is 0.375. The van der Waals surface area contributed by atoms with Crippen LogP contribution in [0.2, 0.25) is 0 Å². The molecule has 0 atom stereocenters. The number of esters is 1. The molecule has 0 amide bonds. The lowest BCUT2D eigenvalue weighted by atomic mass is 10.3. The van der Waals surface area contributed by atoms with Gasteiger partial charge in [-0.1, -0.05) is 11.3 Å². The van der Waals surface area contributed by atoms with Gasteiger partial charge in [0.25, 0.3) is 0 Å². The van der Waals surface area contributed by atoms with E-state index in [4.69, 9.17) is 0 Å². The van der Waals surface area contributed by atoms with Gasteiger partial charge in [-0.25, -0.2) is 40.1 Å². The van der Waals surface area contributed by atoms with Gasteiger partial charge in [-0.2, -0.15) is 4.31 Å². The van der Waals surface area contributed by atoms with Crippen molar-refractivity contribution in [1.82, 2.24) is 9.29 Å². The largest absolute Gasteiger partial charge is 0.465 e. The Balaban J connectivity index is 1.84. The average Bonchev–Trinajstić information content (AvgIpc) is 3.12. The number of carbonyl (C=O) groups is 1. The van der Waals surface area contributed by atoms with E-state index in [9.17, 15) is 35.2 Å². The van der Waals surface area contributed by atoms with Crippen LogP contribution in [-0.2, 0) is 14.8 Å². The van der Waals surface area contributed by atoms with E-state index in [2.05, 4.69) is 9.72 Å². The predicted molar refractivity (Wildman–Crippen MR) is 95.4 cm³/mol. The van der Waals surface area contributed by atoms with Gasteiger partial charge in [0.05, 0.1) is 12.8 Å². The minimum atomic E-state index is -4.99. The van der Waals surface area contributed by atoms with E-state index in [1.165, 1.54) is 7.11 Å². The van der Waals surface area contributed by atoms with Crippen molar-refractivity contribution in [3.8, 4) is 0 Å². The maximum Gasteiger partial charge on any atom is 0.350 e. The van der Waals surface area contributed by atoms with Gasteiger partial charge < -0.3 is 9.64 Å². The summed E-state index contributed by atoms with van der Waals surface area (Å²) in [7, 11) is -3.78. The van der Waals surface area contributed by atoms with Crippen LogP contribution in [0, 0.1) is 36.0 Å². The van der Waals surface area contributed by atoms with Crippen LogP contribution < -0.4 is 4.90 Å². The van der Waals surface area contributed by atoms with Crippen molar-refractivity contribution >= 4 is 32.5 Å². The van der Waals surface area contributed by atoms with Crippen molar-refractivity contribution in [2.24, 2.45) is 0 Å². The van der Waals surface area contributed by atoms with E-state index in [-0.39, 0.29) is 31.1 Å². The summed E-state index contributed by atoms with van der Waals surface area (Å²) in [6.07, 6.45) is 0. The van der Waals surface area contributed by atoms with E-state index < -0.39 is 50.0 Å². The molecule has 1 aliphatic heterocycles. The van der Waals surface area contributed by atoms with Crippen LogP contribution in [0.25, 0.3) is 0 Å². The highest BCUT2D eigenvalue weighted by molar-refractivity contribution is 7.89. The lowest BCUT2D eigenvalue weighted by molar-refractivity contribution is 0.0605. The molecule has 0 bridgehead atoms. The highest BCUT2D eigenvalue weighted by Gasteiger charge is 2.38. The number of aryl methyl sites for hydroxylation is 1. The maximum absolute atomic E-state index is 14.0. The van der Waals surface area contributed by atoms with Crippen LogP contribution in [0.4, 0.5) is 27.1 Å². The molecule has 164 valence electrons. The second-order valence-electron chi connectivity index (χ2n) is 6.19. The van der Waals surface area contributed by atoms with E-state index in [0.29, 0.717) is 15.1 Å². The van der Waals surface area contributed by atoms with Gasteiger partial charge >= 0.3 is 5.97 Å². The minimum absolute atomic E-state index is 0.0161. The van der Waals surface area contributed by atoms with E-state index in [1.807, 2.05) is 0 Å². The van der Waals surface area contributed by atoms with Crippen LogP contribution in [0.3, 0.4) is 0 Å². The zero-order valence-corrected chi connectivity index (χ0v) is 17.1. The first kappa shape index (κ1) is 22.4. The Bertz CT molecular complexity index is 1090. The van der Waals surface area contributed by atoms with Crippen LogP contribution in [0.5, 0.6) is 0 Å². The molecular weight excluding hydrogens is 457 g/mol. The standard InChI is InChI=1S/C16H14F5N3O4S2/c1-7-13(15(25)28-2)29-16(22-7)23-3-5-24(6-4-23)30(26,27)14-11(20)9(18)8(17)10(19)12(14)21/h3-6H2,1-2H3. The fourth-order valence-electron chi connectivity index (χ4n) is 2.86. The lowest BCUT2D eigenvalue weighted by Gasteiger charge is -2.33. The smallest absolute Gasteiger partial charge is 0.350 e. The minimum Gasteiger partial charge on any atom is -0.465 e. The van der Waals surface area contributed by atoms with Gasteiger partial charge in [0.1, 0.15) is 4.88 Å². The van der Waals surface area contributed by atoms with Crippen molar-refractivity contribution in [2.45, 2.75) is 11.8 Å². The summed E-state index contributed by atoms with van der Waals surface area (Å²) in [6.45, 7) is 1.03. The second-order valence-corrected chi connectivity index (χ2v) is 9.05. The van der Waals surface area contributed by atoms with E-state index in [0.717, 1.165) is 11.3 Å². The molecule has 0 radical (unpaired) electrons. The summed E-state index contributed by atoms with van der Waals surface area (Å²) in [5, 5.41) is 0.404. The summed E-state index contributed by atoms with van der Waals surface area (Å²) in [5.41, 5.74) is 0.415. The number of benzene rings is 1. The van der Waals surface area contributed by atoms with Gasteiger partial charge in [-0.05, 0) is 6.92 Å². The highest BCUT2D eigenvalue weighted by atomic mass is 32.2. The molecule has 2 heterocycles. The number of hydrogen-bond acceptors (Lipinski definition) is 7. The molecule has 1 aromatic heterocycles. The first-order valence-corrected chi connectivity index (χ1v) is 10.6. The number of methoxy groups -OCH3 is 1. The molecule has 1 aliphatic rings. The molecule has 0 saturated carbocycles. The fourth-order valence-corrected chi connectivity index (χ4v) is 5.43. The Kier molecular flexibility index (Phi) is 6.02. The van der Waals surface area contributed by atoms with E-state index in [1.54, 1.807) is 11.8 Å². The Hall–Kier alpha value is -2.32. The van der Waals surface area contributed by atoms with Crippen LogP contribution in [-0.4, -0.2) is 57.0 Å². The molecule has 0 unspecified atom stereocenters. The zero-order valence-electron chi connectivity index (χ0n) is 15.5. The number of hydrogen-bond donors (Lipinski definition) is 0. The van der Waals surface area contributed by atoms with Crippen LogP contribution in [0.15, 0.2) is 4.90 Å². The molecule has 14 heteroatoms. The van der Waals surface area contributed by atoms with E-state index >= 15 is 0 Å².